The van der Waals surface area contributed by atoms with Crippen LogP contribution in [0.5, 0.6) is 0 Å². The first-order chi connectivity index (χ1) is 14.7. The van der Waals surface area contributed by atoms with Crippen LogP contribution >= 0.6 is 23.1 Å². The maximum absolute atomic E-state index is 9.00. The second-order valence-corrected chi connectivity index (χ2v) is 10.1. The number of hydrogen-bond acceptors (Lipinski definition) is 6. The van der Waals surface area contributed by atoms with Crippen molar-refractivity contribution in [3.63, 3.8) is 0 Å². The van der Waals surface area contributed by atoms with Crippen molar-refractivity contribution in [2.45, 2.75) is 42.8 Å². The maximum atomic E-state index is 9.00. The zero-order chi connectivity index (χ0) is 20.8. The van der Waals surface area contributed by atoms with Crippen LogP contribution in [0, 0.1) is 0 Å². The summed E-state index contributed by atoms with van der Waals surface area (Å²) >= 11 is 3.59. The van der Waals surface area contributed by atoms with Crippen LogP contribution in [0.4, 0.5) is 0 Å². The van der Waals surface area contributed by atoms with Crippen molar-refractivity contribution in [3.05, 3.63) is 59.1 Å². The third kappa shape index (κ3) is 5.62. The van der Waals surface area contributed by atoms with Gasteiger partial charge in [0.2, 0.25) is 0 Å². The molecule has 1 N–H and O–H groups in total. The summed E-state index contributed by atoms with van der Waals surface area (Å²) in [5.74, 6) is 1.02. The fourth-order valence-corrected chi connectivity index (χ4v) is 5.78. The first kappa shape index (κ1) is 21.8. The summed E-state index contributed by atoms with van der Waals surface area (Å²) in [6.07, 6.45) is 4.15. The van der Waals surface area contributed by atoms with Crippen molar-refractivity contribution in [3.8, 4) is 0 Å². The Hall–Kier alpha value is -1.44. The molecule has 1 saturated heterocycles. The van der Waals surface area contributed by atoms with Gasteiger partial charge in [-0.2, -0.15) is 0 Å². The minimum atomic E-state index is -0.131. The molecule has 3 aromatic rings. The Kier molecular flexibility index (Phi) is 7.79. The molecule has 4 nitrogen and oxygen atoms in total. The van der Waals surface area contributed by atoms with E-state index in [0.717, 1.165) is 55.0 Å². The summed E-state index contributed by atoms with van der Waals surface area (Å²) in [4.78, 5) is 8.56. The first-order valence-corrected chi connectivity index (χ1v) is 12.6. The van der Waals surface area contributed by atoms with Crippen LogP contribution in [-0.4, -0.2) is 53.6 Å². The number of aliphatic hydroxyl groups excluding tert-OH is 1. The highest BCUT2D eigenvalue weighted by Crippen LogP contribution is 2.36. The number of rotatable bonds is 9. The Morgan fingerprint density at radius 1 is 1.17 bits per heavy atom. The van der Waals surface area contributed by atoms with E-state index in [0.29, 0.717) is 0 Å². The number of hydrogen-bond donors (Lipinski definition) is 1. The van der Waals surface area contributed by atoms with Crippen LogP contribution < -0.4 is 0 Å². The number of thioether (sulfide) groups is 1. The number of thiazole rings is 1. The van der Waals surface area contributed by atoms with E-state index in [9.17, 15) is 0 Å². The quantitative estimate of drug-likeness (QED) is 0.357. The van der Waals surface area contributed by atoms with Gasteiger partial charge >= 0.3 is 0 Å². The molecule has 4 rings (SSSR count). The lowest BCUT2D eigenvalue weighted by Crippen LogP contribution is -2.35. The predicted molar refractivity (Wildman–Crippen MR) is 127 cm³/mol. The van der Waals surface area contributed by atoms with Crippen LogP contribution in [0.2, 0.25) is 0 Å². The van der Waals surface area contributed by atoms with Gasteiger partial charge in [0.05, 0.1) is 16.3 Å². The average molecular weight is 443 g/mol. The molecule has 160 valence electrons. The summed E-state index contributed by atoms with van der Waals surface area (Å²) in [6.45, 7) is 2.43. The number of aliphatic hydroxyl groups is 1. The molecule has 0 aliphatic carbocycles. The third-order valence-electron chi connectivity index (χ3n) is 5.51. The Morgan fingerprint density at radius 2 is 2.00 bits per heavy atom. The van der Waals surface area contributed by atoms with Gasteiger partial charge in [0.25, 0.3) is 0 Å². The Labute approximate surface area is 187 Å². The number of benzene rings is 2. The van der Waals surface area contributed by atoms with Crippen LogP contribution in [-0.2, 0) is 4.74 Å². The van der Waals surface area contributed by atoms with Gasteiger partial charge in [-0.1, -0.05) is 24.3 Å². The highest BCUT2D eigenvalue weighted by atomic mass is 32.2. The third-order valence-corrected chi connectivity index (χ3v) is 7.67. The number of piperidine rings is 1. The maximum Gasteiger partial charge on any atom is 0.134 e. The van der Waals surface area contributed by atoms with Crippen LogP contribution in [0.25, 0.3) is 10.2 Å². The van der Waals surface area contributed by atoms with Gasteiger partial charge < -0.3 is 14.7 Å². The van der Waals surface area contributed by atoms with Crippen LogP contribution in [0.15, 0.2) is 53.4 Å². The summed E-state index contributed by atoms with van der Waals surface area (Å²) in [7, 11) is 2.18. The Bertz CT molecular complexity index is 905. The molecule has 1 fully saturated rings. The second-order valence-electron chi connectivity index (χ2n) is 7.89. The standard InChI is InChI=1S/C24H30N2O2S2/c1-26-13-11-19(12-14-26)28-23(24-25-21-9-2-3-10-22(21)30-24)18-7-6-8-20(17-18)29-16-5-4-15-27/h2-3,6-10,17,19,23,27H,4-5,11-16H2,1H3. The van der Waals surface area contributed by atoms with Crippen molar-refractivity contribution in [2.75, 3.05) is 32.5 Å². The zero-order valence-corrected chi connectivity index (χ0v) is 19.1. The highest BCUT2D eigenvalue weighted by Gasteiger charge is 2.26. The molecule has 0 bridgehead atoms. The highest BCUT2D eigenvalue weighted by molar-refractivity contribution is 7.99. The zero-order valence-electron chi connectivity index (χ0n) is 17.5. The van der Waals surface area contributed by atoms with E-state index >= 15 is 0 Å². The average Bonchev–Trinajstić information content (AvgIpc) is 3.20. The number of ether oxygens (including phenoxy) is 1. The molecular weight excluding hydrogens is 412 g/mol. The fraction of sp³-hybridized carbons (Fsp3) is 0.458. The molecule has 0 radical (unpaired) electrons. The van der Waals surface area contributed by atoms with Crippen molar-refractivity contribution in [1.29, 1.82) is 0 Å². The van der Waals surface area contributed by atoms with E-state index in [1.165, 1.54) is 15.2 Å². The van der Waals surface area contributed by atoms with Crippen LogP contribution in [0.1, 0.15) is 42.4 Å². The number of aromatic nitrogens is 1. The first-order valence-electron chi connectivity index (χ1n) is 10.8. The smallest absolute Gasteiger partial charge is 0.134 e. The van der Waals surface area contributed by atoms with Gasteiger partial charge in [-0.05, 0) is 68.3 Å². The minimum Gasteiger partial charge on any atom is -0.396 e. The minimum absolute atomic E-state index is 0.131. The molecule has 1 aliphatic rings. The molecule has 0 spiro atoms. The largest absolute Gasteiger partial charge is 0.396 e. The second kappa shape index (κ2) is 10.7. The lowest BCUT2D eigenvalue weighted by molar-refractivity contribution is -0.0235. The number of fused-ring (bicyclic) bond motifs is 1. The van der Waals surface area contributed by atoms with Gasteiger partial charge in [0.15, 0.2) is 0 Å². The number of likely N-dealkylation sites (tertiary alicyclic amines) is 1. The van der Waals surface area contributed by atoms with E-state index in [1.54, 1.807) is 11.3 Å². The number of unbranched alkanes of at least 4 members (excludes halogenated alkanes) is 1. The lowest BCUT2D eigenvalue weighted by Gasteiger charge is -2.31. The van der Waals surface area contributed by atoms with E-state index < -0.39 is 0 Å². The number of para-hydroxylation sites is 1. The Morgan fingerprint density at radius 3 is 2.80 bits per heavy atom. The normalized spacial score (nSPS) is 16.9. The van der Waals surface area contributed by atoms with Gasteiger partial charge in [-0.3, -0.25) is 0 Å². The predicted octanol–water partition coefficient (Wildman–Crippen LogP) is 5.36. The number of nitrogens with zero attached hydrogens (tertiary/aromatic N) is 2. The molecule has 0 saturated carbocycles. The van der Waals surface area contributed by atoms with Gasteiger partial charge in [-0.25, -0.2) is 4.98 Å². The Balaban J connectivity index is 1.58. The summed E-state index contributed by atoms with van der Waals surface area (Å²) in [5, 5.41) is 10.0. The van der Waals surface area contributed by atoms with Crippen molar-refractivity contribution < 1.29 is 9.84 Å². The molecule has 2 heterocycles. The molecule has 0 amide bonds. The van der Waals surface area contributed by atoms with Gasteiger partial charge in [-0.15, -0.1) is 23.1 Å². The molecule has 6 heteroatoms. The van der Waals surface area contributed by atoms with E-state index in [2.05, 4.69) is 54.4 Å². The molecule has 1 atom stereocenters. The molecule has 1 unspecified atom stereocenters. The van der Waals surface area contributed by atoms with E-state index in [1.807, 2.05) is 17.8 Å². The van der Waals surface area contributed by atoms with Gasteiger partial charge in [0.1, 0.15) is 11.1 Å². The topological polar surface area (TPSA) is 45.6 Å². The molecule has 1 aromatic heterocycles. The summed E-state index contributed by atoms with van der Waals surface area (Å²) in [5.41, 5.74) is 2.23. The molecular formula is C24H30N2O2S2. The van der Waals surface area contributed by atoms with Gasteiger partial charge in [0, 0.05) is 24.6 Å². The lowest BCUT2D eigenvalue weighted by atomic mass is 10.1. The van der Waals surface area contributed by atoms with Crippen LogP contribution in [0.3, 0.4) is 0 Å². The SMILES string of the molecule is CN1CCC(OC(c2cccc(SCCCCO)c2)c2nc3ccccc3s2)CC1. The molecule has 1 aliphatic heterocycles. The fourth-order valence-electron chi connectivity index (χ4n) is 3.77. The molecule has 2 aromatic carbocycles. The van der Waals surface area contributed by atoms with E-state index in [-0.39, 0.29) is 18.8 Å². The van der Waals surface area contributed by atoms with E-state index in [4.69, 9.17) is 14.8 Å². The molecule has 30 heavy (non-hydrogen) atoms. The van der Waals surface area contributed by atoms with Crippen molar-refractivity contribution in [1.82, 2.24) is 9.88 Å². The van der Waals surface area contributed by atoms with Crippen molar-refractivity contribution >= 4 is 33.3 Å². The summed E-state index contributed by atoms with van der Waals surface area (Å²) < 4.78 is 7.93. The van der Waals surface area contributed by atoms with Crippen molar-refractivity contribution in [2.24, 2.45) is 0 Å². The monoisotopic (exact) mass is 442 g/mol. The summed E-state index contributed by atoms with van der Waals surface area (Å²) in [6, 6.07) is 17.0.